The van der Waals surface area contributed by atoms with Crippen molar-refractivity contribution in [3.8, 4) is 23.3 Å². The second kappa shape index (κ2) is 14.0. The van der Waals surface area contributed by atoms with Crippen LogP contribution in [0.15, 0.2) is 76.2 Å². The maximum atomic E-state index is 14.1. The number of benzene rings is 3. The fourth-order valence-corrected chi connectivity index (χ4v) is 6.40. The fourth-order valence-electron chi connectivity index (χ4n) is 4.87. The lowest BCUT2D eigenvalue weighted by Gasteiger charge is -2.23. The number of halogens is 2. The summed E-state index contributed by atoms with van der Waals surface area (Å²) in [5.74, 6) is 0.689. The molecule has 1 aliphatic rings. The molecule has 0 saturated heterocycles. The van der Waals surface area contributed by atoms with Crippen LogP contribution in [-0.2, 0) is 16.1 Å². The zero-order chi connectivity index (χ0) is 32.1. The Bertz CT molecular complexity index is 2030. The molecule has 12 heteroatoms. The van der Waals surface area contributed by atoms with E-state index in [0.29, 0.717) is 67.1 Å². The van der Waals surface area contributed by atoms with E-state index in [-0.39, 0.29) is 17.2 Å². The third-order valence-electron chi connectivity index (χ3n) is 6.84. The van der Waals surface area contributed by atoms with Crippen molar-refractivity contribution in [1.82, 2.24) is 4.57 Å². The number of nitriles is 1. The van der Waals surface area contributed by atoms with Gasteiger partial charge in [-0.25, -0.2) is 9.79 Å². The van der Waals surface area contributed by atoms with Gasteiger partial charge in [-0.1, -0.05) is 58.8 Å². The Morgan fingerprint density at radius 2 is 1.82 bits per heavy atom. The van der Waals surface area contributed by atoms with E-state index in [0.717, 1.165) is 11.3 Å². The molecule has 4 aromatic rings. The maximum absolute atomic E-state index is 14.1. The summed E-state index contributed by atoms with van der Waals surface area (Å²) in [6.45, 7) is 4.62. The molecule has 45 heavy (non-hydrogen) atoms. The lowest BCUT2D eigenvalue weighted by molar-refractivity contribution is -0.136. The van der Waals surface area contributed by atoms with Crippen LogP contribution in [0.5, 0.6) is 17.2 Å². The largest absolute Gasteiger partial charge is 0.490 e. The molecular formula is C33H27Cl2N3O6S. The standard InChI is InChI=1S/C33H27Cl2N3O6S/c1-4-42-26-11-10-19(13-27(26)43-5-2)29-24(32(40)41-3)17-37-33-38(29)31(39)28(45-33)14-22-12-23(34)15-25(35)30(22)44-18-21-9-7-6-8-20(21)16-36/h6-15,17,29H,4-5,18H2,1-3H3/b28-14+/t29-/m1/s1. The van der Waals surface area contributed by atoms with Crippen molar-refractivity contribution in [2.45, 2.75) is 26.5 Å². The number of aromatic nitrogens is 1. The summed E-state index contributed by atoms with van der Waals surface area (Å²) in [7, 11) is 1.27. The highest BCUT2D eigenvalue weighted by Gasteiger charge is 2.31. The molecule has 230 valence electrons. The van der Waals surface area contributed by atoms with Gasteiger partial charge in [0, 0.05) is 22.3 Å². The number of hydrogen-bond acceptors (Lipinski definition) is 9. The summed E-state index contributed by atoms with van der Waals surface area (Å²) in [4.78, 5) is 31.8. The van der Waals surface area contributed by atoms with E-state index in [1.165, 1.54) is 23.9 Å². The zero-order valence-electron chi connectivity index (χ0n) is 24.5. The number of ether oxygens (including phenoxy) is 4. The smallest absolute Gasteiger partial charge is 0.337 e. The van der Waals surface area contributed by atoms with E-state index < -0.39 is 17.6 Å². The first-order valence-electron chi connectivity index (χ1n) is 13.9. The second-order valence-electron chi connectivity index (χ2n) is 9.61. The highest BCUT2D eigenvalue weighted by atomic mass is 35.5. The number of carbonyl (C=O) groups is 1. The van der Waals surface area contributed by atoms with Gasteiger partial charge in [0.1, 0.15) is 12.4 Å². The first kappa shape index (κ1) is 31.9. The summed E-state index contributed by atoms with van der Waals surface area (Å²) in [6.07, 6.45) is 3.04. The van der Waals surface area contributed by atoms with Gasteiger partial charge >= 0.3 is 5.97 Å². The van der Waals surface area contributed by atoms with E-state index >= 15 is 0 Å². The molecule has 3 aromatic carbocycles. The van der Waals surface area contributed by atoms with Gasteiger partial charge in [-0.05, 0) is 55.8 Å². The van der Waals surface area contributed by atoms with Crippen LogP contribution in [0.3, 0.4) is 0 Å². The first-order chi connectivity index (χ1) is 21.8. The molecule has 5 rings (SSSR count). The normalized spacial score (nSPS) is 14.1. The topological polar surface area (TPSA) is 112 Å². The van der Waals surface area contributed by atoms with E-state index in [2.05, 4.69) is 11.1 Å². The third-order valence-corrected chi connectivity index (χ3v) is 8.34. The molecule has 1 aliphatic heterocycles. The molecule has 0 saturated carbocycles. The number of hydrogen-bond donors (Lipinski definition) is 0. The highest BCUT2D eigenvalue weighted by Crippen LogP contribution is 2.36. The molecule has 0 unspecified atom stereocenters. The number of esters is 1. The number of rotatable bonds is 10. The Labute approximate surface area is 272 Å². The highest BCUT2D eigenvalue weighted by molar-refractivity contribution is 7.07. The van der Waals surface area contributed by atoms with E-state index in [9.17, 15) is 14.9 Å². The Morgan fingerprint density at radius 1 is 1.07 bits per heavy atom. The molecule has 0 amide bonds. The van der Waals surface area contributed by atoms with Gasteiger partial charge in [0.2, 0.25) is 0 Å². The van der Waals surface area contributed by atoms with Crippen LogP contribution < -0.4 is 29.1 Å². The average molecular weight is 665 g/mol. The van der Waals surface area contributed by atoms with Crippen molar-refractivity contribution >= 4 is 46.6 Å². The van der Waals surface area contributed by atoms with Crippen molar-refractivity contribution in [3.05, 3.63) is 118 Å². The van der Waals surface area contributed by atoms with Gasteiger partial charge in [0.25, 0.3) is 5.56 Å². The lowest BCUT2D eigenvalue weighted by Crippen LogP contribution is -2.39. The van der Waals surface area contributed by atoms with Crippen LogP contribution in [-0.4, -0.2) is 30.9 Å². The minimum Gasteiger partial charge on any atom is -0.490 e. The first-order valence-corrected chi connectivity index (χ1v) is 15.4. The minimum absolute atomic E-state index is 0.0650. The van der Waals surface area contributed by atoms with Crippen molar-refractivity contribution in [3.63, 3.8) is 0 Å². The molecule has 0 radical (unpaired) electrons. The quantitative estimate of drug-likeness (QED) is 0.204. The van der Waals surface area contributed by atoms with Gasteiger partial charge in [0.05, 0.1) is 53.1 Å². The molecular weight excluding hydrogens is 637 g/mol. The monoisotopic (exact) mass is 663 g/mol. The summed E-state index contributed by atoms with van der Waals surface area (Å²) >= 11 is 14.0. The zero-order valence-corrected chi connectivity index (χ0v) is 26.8. The molecule has 0 spiro atoms. The van der Waals surface area contributed by atoms with Gasteiger partial charge in [-0.2, -0.15) is 5.26 Å². The number of thiazole rings is 1. The van der Waals surface area contributed by atoms with Crippen molar-refractivity contribution < 1.29 is 23.7 Å². The lowest BCUT2D eigenvalue weighted by atomic mass is 9.97. The van der Waals surface area contributed by atoms with Crippen LogP contribution >= 0.6 is 34.5 Å². The molecule has 1 atom stereocenters. The number of methoxy groups -OCH3 is 1. The van der Waals surface area contributed by atoms with Crippen LogP contribution in [0, 0.1) is 11.3 Å². The molecule has 0 bridgehead atoms. The minimum atomic E-state index is -0.855. The summed E-state index contributed by atoms with van der Waals surface area (Å²) in [6, 6.07) is 16.8. The van der Waals surface area contributed by atoms with Crippen LogP contribution in [0.4, 0.5) is 0 Å². The Balaban J connectivity index is 1.63. The predicted molar refractivity (Wildman–Crippen MR) is 172 cm³/mol. The van der Waals surface area contributed by atoms with Gasteiger partial charge < -0.3 is 18.9 Å². The summed E-state index contributed by atoms with van der Waals surface area (Å²) in [5.41, 5.74) is 1.98. The fraction of sp³-hybridized carbons (Fsp3) is 0.212. The van der Waals surface area contributed by atoms with E-state index in [4.69, 9.17) is 42.1 Å². The maximum Gasteiger partial charge on any atom is 0.337 e. The van der Waals surface area contributed by atoms with Crippen molar-refractivity contribution in [1.29, 1.82) is 5.26 Å². The molecule has 9 nitrogen and oxygen atoms in total. The summed E-state index contributed by atoms with van der Waals surface area (Å²) < 4.78 is 24.4. The molecule has 0 aliphatic carbocycles. The Kier molecular flexibility index (Phi) is 9.93. The van der Waals surface area contributed by atoms with Crippen LogP contribution in [0.1, 0.15) is 42.1 Å². The van der Waals surface area contributed by atoms with Crippen LogP contribution in [0.2, 0.25) is 10.0 Å². The van der Waals surface area contributed by atoms with Crippen molar-refractivity contribution in [2.75, 3.05) is 20.3 Å². The van der Waals surface area contributed by atoms with E-state index in [1.807, 2.05) is 19.9 Å². The Hall–Kier alpha value is -4.56. The molecule has 1 aromatic heterocycles. The molecule has 0 N–H and O–H groups in total. The second-order valence-corrected chi connectivity index (χ2v) is 11.5. The predicted octanol–water partition coefficient (Wildman–Crippen LogP) is 5.57. The van der Waals surface area contributed by atoms with Crippen molar-refractivity contribution in [2.24, 2.45) is 4.99 Å². The Morgan fingerprint density at radius 3 is 2.56 bits per heavy atom. The van der Waals surface area contributed by atoms with Gasteiger partial charge in [0.15, 0.2) is 16.3 Å². The number of nitrogens with zero attached hydrogens (tertiary/aromatic N) is 3. The third kappa shape index (κ3) is 6.61. The van der Waals surface area contributed by atoms with Gasteiger partial charge in [-0.15, -0.1) is 0 Å². The molecule has 2 heterocycles. The molecule has 0 fully saturated rings. The summed E-state index contributed by atoms with van der Waals surface area (Å²) in [5, 5.41) is 10.0. The number of fused-ring (bicyclic) bond motifs is 1. The van der Waals surface area contributed by atoms with Gasteiger partial charge in [-0.3, -0.25) is 9.36 Å². The van der Waals surface area contributed by atoms with E-state index in [1.54, 1.807) is 48.5 Å². The van der Waals surface area contributed by atoms with Crippen LogP contribution in [0.25, 0.3) is 6.08 Å². The number of carbonyl (C=O) groups excluding carboxylic acids is 1. The SMILES string of the molecule is CCOc1ccc([C@@H]2C(C(=O)OC)=CN=c3s/c(=C/c4cc(Cl)cc(Cl)c4OCc4ccccc4C#N)c(=O)n32)cc1OCC. The average Bonchev–Trinajstić information content (AvgIpc) is 3.35.